The number of amides is 1. The molecule has 122 valence electrons. The van der Waals surface area contributed by atoms with E-state index in [2.05, 4.69) is 15.3 Å². The maximum absolute atomic E-state index is 12.6. The van der Waals surface area contributed by atoms with Gasteiger partial charge in [0, 0.05) is 27.7 Å². The molecule has 0 bridgehead atoms. The van der Waals surface area contributed by atoms with Gasteiger partial charge in [0.05, 0.1) is 22.3 Å². The Kier molecular flexibility index (Phi) is 3.82. The van der Waals surface area contributed by atoms with Crippen molar-refractivity contribution in [2.75, 3.05) is 5.32 Å². The zero-order chi connectivity index (χ0) is 17.4. The molecule has 0 fully saturated rings. The first-order valence-corrected chi connectivity index (χ1v) is 8.21. The summed E-state index contributed by atoms with van der Waals surface area (Å²) in [6.07, 6.45) is 1.73. The first-order chi connectivity index (χ1) is 12.1. The highest BCUT2D eigenvalue weighted by Gasteiger charge is 2.14. The highest BCUT2D eigenvalue weighted by atomic mass is 35.5. The molecule has 5 heteroatoms. The van der Waals surface area contributed by atoms with Crippen molar-refractivity contribution in [1.82, 2.24) is 9.97 Å². The van der Waals surface area contributed by atoms with Gasteiger partial charge in [-0.05, 0) is 43.3 Å². The molecule has 2 heterocycles. The monoisotopic (exact) mass is 347 g/mol. The lowest BCUT2D eigenvalue weighted by Crippen LogP contribution is -2.14. The average Bonchev–Trinajstić information content (AvgIpc) is 2.62. The van der Waals surface area contributed by atoms with Crippen LogP contribution in [0.25, 0.3) is 21.8 Å². The van der Waals surface area contributed by atoms with Gasteiger partial charge >= 0.3 is 0 Å². The van der Waals surface area contributed by atoms with Crippen molar-refractivity contribution in [2.45, 2.75) is 6.92 Å². The number of halogens is 1. The minimum absolute atomic E-state index is 0.190. The molecule has 4 rings (SSSR count). The van der Waals surface area contributed by atoms with Crippen molar-refractivity contribution >= 4 is 45.0 Å². The average molecular weight is 348 g/mol. The number of nitrogens with one attached hydrogen (secondary N) is 1. The fraction of sp³-hybridized carbons (Fsp3) is 0.0500. The number of hydrogen-bond acceptors (Lipinski definition) is 3. The zero-order valence-electron chi connectivity index (χ0n) is 13.5. The largest absolute Gasteiger partial charge is 0.322 e. The molecule has 1 amide bonds. The van der Waals surface area contributed by atoms with E-state index >= 15 is 0 Å². The summed E-state index contributed by atoms with van der Waals surface area (Å²) in [7, 11) is 0. The van der Waals surface area contributed by atoms with Crippen molar-refractivity contribution in [1.29, 1.82) is 0 Å². The molecular formula is C20H14ClN3O. The van der Waals surface area contributed by atoms with Crippen molar-refractivity contribution < 1.29 is 4.79 Å². The van der Waals surface area contributed by atoms with E-state index in [9.17, 15) is 4.79 Å². The minimum Gasteiger partial charge on any atom is -0.322 e. The molecule has 4 aromatic rings. The molecule has 0 spiro atoms. The summed E-state index contributed by atoms with van der Waals surface area (Å²) in [4.78, 5) is 21.7. The van der Waals surface area contributed by atoms with Gasteiger partial charge in [-0.15, -0.1) is 0 Å². The Morgan fingerprint density at radius 2 is 1.88 bits per heavy atom. The van der Waals surface area contributed by atoms with Crippen LogP contribution >= 0.6 is 11.6 Å². The van der Waals surface area contributed by atoms with E-state index in [4.69, 9.17) is 11.6 Å². The number of carbonyl (C=O) groups excluding carboxylic acids is 1. The lowest BCUT2D eigenvalue weighted by molar-refractivity contribution is 0.102. The molecule has 2 aromatic carbocycles. The van der Waals surface area contributed by atoms with Gasteiger partial charge in [-0.2, -0.15) is 0 Å². The van der Waals surface area contributed by atoms with Crippen LogP contribution in [-0.4, -0.2) is 15.9 Å². The van der Waals surface area contributed by atoms with Crippen molar-refractivity contribution in [3.8, 4) is 0 Å². The van der Waals surface area contributed by atoms with Gasteiger partial charge in [0.1, 0.15) is 0 Å². The summed E-state index contributed by atoms with van der Waals surface area (Å²) in [5.41, 5.74) is 3.55. The topological polar surface area (TPSA) is 54.9 Å². The number of aromatic nitrogens is 2. The normalized spacial score (nSPS) is 11.0. The number of hydrogen-bond donors (Lipinski definition) is 1. The first kappa shape index (κ1) is 15.5. The van der Waals surface area contributed by atoms with Crippen LogP contribution in [0.15, 0.2) is 60.8 Å². The standard InChI is InChI=1S/C20H14ClN3O/c1-12-16(20(25)24-15-5-3-2-4-6-15)9-13-11-22-18-8-7-14(21)10-17(18)19(13)23-12/h2-11H,1H3,(H,24,25). The van der Waals surface area contributed by atoms with Gasteiger partial charge in [-0.1, -0.05) is 29.8 Å². The molecule has 0 unspecified atom stereocenters. The minimum atomic E-state index is -0.190. The molecule has 4 nitrogen and oxygen atoms in total. The second-order valence-corrected chi connectivity index (χ2v) is 6.24. The Bertz CT molecular complexity index is 1110. The molecule has 0 saturated carbocycles. The SMILES string of the molecule is Cc1nc2c(cnc3ccc(Cl)cc32)cc1C(=O)Nc1ccccc1. The molecule has 0 saturated heterocycles. The molecule has 0 aliphatic carbocycles. The summed E-state index contributed by atoms with van der Waals surface area (Å²) in [5.74, 6) is -0.190. The predicted molar refractivity (Wildman–Crippen MR) is 101 cm³/mol. The van der Waals surface area contributed by atoms with Gasteiger partial charge in [-0.25, -0.2) is 0 Å². The Labute approximate surface area is 149 Å². The van der Waals surface area contributed by atoms with E-state index in [0.717, 1.165) is 27.5 Å². The molecule has 2 aromatic heterocycles. The summed E-state index contributed by atoms with van der Waals surface area (Å²) in [6.45, 7) is 1.83. The van der Waals surface area contributed by atoms with E-state index in [1.807, 2.05) is 55.5 Å². The second kappa shape index (κ2) is 6.15. The van der Waals surface area contributed by atoms with Crippen LogP contribution in [0.2, 0.25) is 5.02 Å². The Morgan fingerprint density at radius 1 is 1.08 bits per heavy atom. The third-order valence-electron chi connectivity index (χ3n) is 4.08. The number of pyridine rings is 2. The number of nitrogens with zero attached hydrogens (tertiary/aromatic N) is 2. The summed E-state index contributed by atoms with van der Waals surface area (Å²) >= 11 is 6.11. The molecule has 0 radical (unpaired) electrons. The van der Waals surface area contributed by atoms with E-state index in [0.29, 0.717) is 16.3 Å². The quantitative estimate of drug-likeness (QED) is 0.519. The van der Waals surface area contributed by atoms with Crippen LogP contribution in [0.4, 0.5) is 5.69 Å². The van der Waals surface area contributed by atoms with E-state index in [-0.39, 0.29) is 5.91 Å². The van der Waals surface area contributed by atoms with Gasteiger partial charge in [-0.3, -0.25) is 14.8 Å². The fourth-order valence-electron chi connectivity index (χ4n) is 2.83. The van der Waals surface area contributed by atoms with Crippen molar-refractivity contribution in [3.05, 3.63) is 77.1 Å². The fourth-order valence-corrected chi connectivity index (χ4v) is 3.01. The summed E-state index contributed by atoms with van der Waals surface area (Å²) in [6, 6.07) is 16.7. The van der Waals surface area contributed by atoms with E-state index in [1.165, 1.54) is 0 Å². The molecule has 1 N–H and O–H groups in total. The van der Waals surface area contributed by atoms with E-state index in [1.54, 1.807) is 12.3 Å². The lowest BCUT2D eigenvalue weighted by Gasteiger charge is -2.10. The summed E-state index contributed by atoms with van der Waals surface area (Å²) in [5, 5.41) is 5.20. The maximum atomic E-state index is 12.6. The maximum Gasteiger partial charge on any atom is 0.257 e. The third kappa shape index (κ3) is 2.92. The van der Waals surface area contributed by atoms with Gasteiger partial charge in [0.2, 0.25) is 0 Å². The smallest absolute Gasteiger partial charge is 0.257 e. The molecule has 25 heavy (non-hydrogen) atoms. The van der Waals surface area contributed by atoms with Crippen molar-refractivity contribution in [3.63, 3.8) is 0 Å². The van der Waals surface area contributed by atoms with Crippen LogP contribution in [0.1, 0.15) is 16.1 Å². The molecular weight excluding hydrogens is 334 g/mol. The Morgan fingerprint density at radius 3 is 2.68 bits per heavy atom. The molecule has 0 atom stereocenters. The van der Waals surface area contributed by atoms with Crippen LogP contribution in [-0.2, 0) is 0 Å². The number of fused-ring (bicyclic) bond motifs is 3. The Hall–Kier alpha value is -2.98. The van der Waals surface area contributed by atoms with Crippen molar-refractivity contribution in [2.24, 2.45) is 0 Å². The zero-order valence-corrected chi connectivity index (χ0v) is 14.2. The number of carbonyl (C=O) groups is 1. The first-order valence-electron chi connectivity index (χ1n) is 7.84. The highest BCUT2D eigenvalue weighted by Crippen LogP contribution is 2.26. The number of rotatable bonds is 2. The number of benzene rings is 2. The van der Waals surface area contributed by atoms with E-state index < -0.39 is 0 Å². The third-order valence-corrected chi connectivity index (χ3v) is 4.31. The Balaban J connectivity index is 1.82. The predicted octanol–water partition coefficient (Wildman–Crippen LogP) is 5.00. The van der Waals surface area contributed by atoms with Gasteiger partial charge in [0.25, 0.3) is 5.91 Å². The number of para-hydroxylation sites is 1. The number of anilines is 1. The molecule has 0 aliphatic heterocycles. The molecule has 0 aliphatic rings. The van der Waals surface area contributed by atoms with Crippen LogP contribution in [0, 0.1) is 6.92 Å². The van der Waals surface area contributed by atoms with Gasteiger partial charge in [0.15, 0.2) is 0 Å². The number of aryl methyl sites for hydroxylation is 1. The lowest BCUT2D eigenvalue weighted by atomic mass is 10.1. The second-order valence-electron chi connectivity index (χ2n) is 5.80. The van der Waals surface area contributed by atoms with Crippen LogP contribution in [0.5, 0.6) is 0 Å². The van der Waals surface area contributed by atoms with Crippen LogP contribution in [0.3, 0.4) is 0 Å². The van der Waals surface area contributed by atoms with Gasteiger partial charge < -0.3 is 5.32 Å². The van der Waals surface area contributed by atoms with Crippen LogP contribution < -0.4 is 5.32 Å². The highest BCUT2D eigenvalue weighted by molar-refractivity contribution is 6.31. The summed E-state index contributed by atoms with van der Waals surface area (Å²) < 4.78 is 0.